The van der Waals surface area contributed by atoms with Crippen molar-refractivity contribution in [3.05, 3.63) is 29.6 Å². The number of nitrogens with one attached hydrogen (secondary N) is 1. The molecule has 0 spiro atoms. The van der Waals surface area contributed by atoms with E-state index in [2.05, 4.69) is 15.2 Å². The van der Waals surface area contributed by atoms with Crippen molar-refractivity contribution >= 4 is 5.96 Å². The number of halogens is 1. The van der Waals surface area contributed by atoms with Crippen molar-refractivity contribution in [2.45, 2.75) is 6.42 Å². The third-order valence-electron chi connectivity index (χ3n) is 2.97. The largest absolute Gasteiger partial charge is 0.494 e. The number of hydrogen-bond donors (Lipinski definition) is 1. The van der Waals surface area contributed by atoms with E-state index >= 15 is 0 Å². The number of rotatable bonds is 4. The summed E-state index contributed by atoms with van der Waals surface area (Å²) in [5, 5.41) is 3.25. The Balaban J connectivity index is 1.85. The number of guanidine groups is 1. The Bertz CT molecular complexity index is 448. The molecule has 0 aliphatic carbocycles. The molecule has 1 heterocycles. The number of aliphatic imine (C=N–C) groups is 1. The zero-order chi connectivity index (χ0) is 13.0. The molecule has 1 aromatic rings. The maximum atomic E-state index is 13.5. The number of nitrogens with zero attached hydrogens (tertiary/aromatic N) is 2. The van der Waals surface area contributed by atoms with Gasteiger partial charge in [0.15, 0.2) is 17.5 Å². The van der Waals surface area contributed by atoms with Crippen LogP contribution < -0.4 is 10.1 Å². The molecular weight excluding hydrogens is 233 g/mol. The minimum absolute atomic E-state index is 0.284. The molecule has 0 saturated carbocycles. The van der Waals surface area contributed by atoms with Crippen molar-refractivity contribution in [2.75, 3.05) is 33.8 Å². The van der Waals surface area contributed by atoms with Crippen LogP contribution in [0.4, 0.5) is 4.39 Å². The zero-order valence-electron chi connectivity index (χ0n) is 10.7. The van der Waals surface area contributed by atoms with Crippen LogP contribution in [0.2, 0.25) is 0 Å². The van der Waals surface area contributed by atoms with Gasteiger partial charge in [-0.2, -0.15) is 0 Å². The molecule has 18 heavy (non-hydrogen) atoms. The van der Waals surface area contributed by atoms with Crippen molar-refractivity contribution in [2.24, 2.45) is 4.99 Å². The Labute approximate surface area is 106 Å². The van der Waals surface area contributed by atoms with Crippen LogP contribution in [0.25, 0.3) is 0 Å². The summed E-state index contributed by atoms with van der Waals surface area (Å²) in [4.78, 5) is 6.41. The Morgan fingerprint density at radius 2 is 2.33 bits per heavy atom. The molecule has 0 saturated heterocycles. The summed E-state index contributed by atoms with van der Waals surface area (Å²) in [6, 6.07) is 5.05. The summed E-state index contributed by atoms with van der Waals surface area (Å²) in [6.45, 7) is 2.55. The Morgan fingerprint density at radius 3 is 2.94 bits per heavy atom. The van der Waals surface area contributed by atoms with Gasteiger partial charge in [-0.3, -0.25) is 4.99 Å². The van der Waals surface area contributed by atoms with Gasteiger partial charge < -0.3 is 15.0 Å². The Morgan fingerprint density at radius 1 is 1.50 bits per heavy atom. The van der Waals surface area contributed by atoms with Gasteiger partial charge >= 0.3 is 0 Å². The zero-order valence-corrected chi connectivity index (χ0v) is 10.7. The van der Waals surface area contributed by atoms with Gasteiger partial charge in [-0.05, 0) is 24.1 Å². The summed E-state index contributed by atoms with van der Waals surface area (Å²) in [5.41, 5.74) is 0.946. The van der Waals surface area contributed by atoms with Gasteiger partial charge in [-0.15, -0.1) is 0 Å². The van der Waals surface area contributed by atoms with Gasteiger partial charge in [-0.25, -0.2) is 4.39 Å². The van der Waals surface area contributed by atoms with E-state index in [1.54, 1.807) is 6.07 Å². The van der Waals surface area contributed by atoms with Crippen LogP contribution in [0.1, 0.15) is 5.56 Å². The number of likely N-dealkylation sites (N-methyl/N-ethyl adjacent to an activating group) is 1. The molecule has 1 N–H and O–H groups in total. The van der Waals surface area contributed by atoms with E-state index in [1.807, 2.05) is 13.1 Å². The number of methoxy groups -OCH3 is 1. The second kappa shape index (κ2) is 5.71. The summed E-state index contributed by atoms with van der Waals surface area (Å²) >= 11 is 0. The number of ether oxygens (including phenoxy) is 1. The van der Waals surface area contributed by atoms with Crippen LogP contribution >= 0.6 is 0 Å². The highest BCUT2D eigenvalue weighted by Gasteiger charge is 2.11. The molecule has 5 heteroatoms. The normalized spacial score (nSPS) is 14.6. The van der Waals surface area contributed by atoms with Gasteiger partial charge in [0, 0.05) is 20.1 Å². The first-order chi connectivity index (χ1) is 8.70. The Hall–Kier alpha value is -1.78. The van der Waals surface area contributed by atoms with E-state index in [0.717, 1.165) is 37.6 Å². The van der Waals surface area contributed by atoms with E-state index in [1.165, 1.54) is 13.2 Å². The maximum Gasteiger partial charge on any atom is 0.193 e. The van der Waals surface area contributed by atoms with E-state index in [-0.39, 0.29) is 11.6 Å². The average molecular weight is 251 g/mol. The highest BCUT2D eigenvalue weighted by molar-refractivity contribution is 5.81. The monoisotopic (exact) mass is 251 g/mol. The molecule has 0 fully saturated rings. The summed E-state index contributed by atoms with van der Waals surface area (Å²) in [5.74, 6) is 0.890. The van der Waals surface area contributed by atoms with Crippen LogP contribution in [0.15, 0.2) is 23.2 Å². The molecule has 1 aromatic carbocycles. The molecule has 0 amide bonds. The predicted octanol–water partition coefficient (Wildman–Crippen LogP) is 1.27. The topological polar surface area (TPSA) is 36.9 Å². The van der Waals surface area contributed by atoms with Crippen LogP contribution in [0, 0.1) is 5.82 Å². The fourth-order valence-electron chi connectivity index (χ4n) is 1.91. The lowest BCUT2D eigenvalue weighted by atomic mass is 10.1. The third-order valence-corrected chi connectivity index (χ3v) is 2.97. The molecule has 0 unspecified atom stereocenters. The molecule has 98 valence electrons. The molecule has 0 bridgehead atoms. The summed E-state index contributed by atoms with van der Waals surface area (Å²) < 4.78 is 18.3. The van der Waals surface area contributed by atoms with Gasteiger partial charge in [0.05, 0.1) is 13.7 Å². The summed E-state index contributed by atoms with van der Waals surface area (Å²) in [6.07, 6.45) is 0.758. The minimum Gasteiger partial charge on any atom is -0.494 e. The average Bonchev–Trinajstić information content (AvgIpc) is 2.75. The van der Waals surface area contributed by atoms with E-state index in [9.17, 15) is 4.39 Å². The first-order valence-electron chi connectivity index (χ1n) is 6.02. The van der Waals surface area contributed by atoms with E-state index < -0.39 is 0 Å². The minimum atomic E-state index is -0.315. The fourth-order valence-corrected chi connectivity index (χ4v) is 1.91. The van der Waals surface area contributed by atoms with Gasteiger partial charge in [0.1, 0.15) is 0 Å². The highest BCUT2D eigenvalue weighted by Crippen LogP contribution is 2.17. The van der Waals surface area contributed by atoms with Crippen molar-refractivity contribution in [1.82, 2.24) is 10.2 Å². The molecule has 4 nitrogen and oxygen atoms in total. The van der Waals surface area contributed by atoms with Gasteiger partial charge in [0.25, 0.3) is 0 Å². The number of benzene rings is 1. The fraction of sp³-hybridized carbons (Fsp3) is 0.462. The number of hydrogen-bond acceptors (Lipinski definition) is 4. The molecule has 0 radical (unpaired) electrons. The SMILES string of the molecule is COc1ccc(CCNC2=NCCN2C)cc1F. The van der Waals surface area contributed by atoms with Crippen molar-refractivity contribution < 1.29 is 9.13 Å². The standard InChI is InChI=1S/C13H18FN3O/c1-17-8-7-16-13(17)15-6-5-10-3-4-12(18-2)11(14)9-10/h3-4,9H,5-8H2,1-2H3,(H,15,16). The second-order valence-electron chi connectivity index (χ2n) is 4.27. The van der Waals surface area contributed by atoms with E-state index in [0.29, 0.717) is 0 Å². The second-order valence-corrected chi connectivity index (χ2v) is 4.27. The quantitative estimate of drug-likeness (QED) is 0.875. The van der Waals surface area contributed by atoms with Crippen molar-refractivity contribution in [3.63, 3.8) is 0 Å². The lowest BCUT2D eigenvalue weighted by molar-refractivity contribution is 0.386. The van der Waals surface area contributed by atoms with Gasteiger partial charge in [0.2, 0.25) is 0 Å². The van der Waals surface area contributed by atoms with Crippen LogP contribution in [-0.4, -0.2) is 44.7 Å². The third kappa shape index (κ3) is 2.91. The molecular formula is C13H18FN3O. The lowest BCUT2D eigenvalue weighted by Gasteiger charge is -2.15. The molecule has 2 rings (SSSR count). The van der Waals surface area contributed by atoms with Crippen LogP contribution in [0.5, 0.6) is 5.75 Å². The predicted molar refractivity (Wildman–Crippen MR) is 69.6 cm³/mol. The Kier molecular flexibility index (Phi) is 4.02. The molecule has 1 aliphatic rings. The smallest absolute Gasteiger partial charge is 0.193 e. The van der Waals surface area contributed by atoms with Crippen LogP contribution in [-0.2, 0) is 6.42 Å². The van der Waals surface area contributed by atoms with Crippen molar-refractivity contribution in [3.8, 4) is 5.75 Å². The highest BCUT2D eigenvalue weighted by atomic mass is 19.1. The lowest BCUT2D eigenvalue weighted by Crippen LogP contribution is -2.36. The van der Waals surface area contributed by atoms with Crippen LogP contribution in [0.3, 0.4) is 0 Å². The molecule has 1 aliphatic heterocycles. The maximum absolute atomic E-state index is 13.5. The first kappa shape index (κ1) is 12.7. The van der Waals surface area contributed by atoms with E-state index in [4.69, 9.17) is 4.74 Å². The van der Waals surface area contributed by atoms with Crippen molar-refractivity contribution in [1.29, 1.82) is 0 Å². The summed E-state index contributed by atoms with van der Waals surface area (Å²) in [7, 11) is 3.47. The first-order valence-corrected chi connectivity index (χ1v) is 6.02. The molecule has 0 atom stereocenters. The molecule has 0 aromatic heterocycles. The van der Waals surface area contributed by atoms with Gasteiger partial charge in [-0.1, -0.05) is 6.07 Å².